The van der Waals surface area contributed by atoms with Gasteiger partial charge >= 0.3 is 18.6 Å². The maximum Gasteiger partial charge on any atom is 3.00 e. The number of hydrogen-bond acceptors (Lipinski definition) is 7. The third kappa shape index (κ3) is 10.8. The number of aromatic nitrogens is 1. The average Bonchev–Trinajstić information content (AvgIpc) is 2.71. The van der Waals surface area contributed by atoms with Gasteiger partial charge in [0.25, 0.3) is 0 Å². The van der Waals surface area contributed by atoms with Crippen molar-refractivity contribution in [2.45, 2.75) is 59.3 Å². The fourth-order valence-electron chi connectivity index (χ4n) is 3.43. The fourth-order valence-corrected chi connectivity index (χ4v) is 3.43. The second kappa shape index (κ2) is 17.0. The first-order valence-corrected chi connectivity index (χ1v) is 10.2. The van der Waals surface area contributed by atoms with E-state index in [1.165, 1.54) is 38.5 Å². The molecule has 31 heavy (non-hydrogen) atoms. The van der Waals surface area contributed by atoms with E-state index in [9.17, 15) is 0 Å². The number of rotatable bonds is 6. The molecular weight excluding hydrogens is 496 g/mol. The summed E-state index contributed by atoms with van der Waals surface area (Å²) in [4.78, 5) is 4.78. The second-order valence-corrected chi connectivity index (χ2v) is 7.60. The minimum Gasteiger partial charge on any atom is -1.00 e. The number of hydrazone groups is 2. The topological polar surface area (TPSA) is 68.2 Å². The molecule has 0 unspecified atom stereocenters. The Morgan fingerprint density at radius 2 is 1.10 bits per heavy atom. The van der Waals surface area contributed by atoms with Crippen molar-refractivity contribution in [3.8, 4) is 0 Å². The van der Waals surface area contributed by atoms with Crippen LogP contribution in [0.3, 0.4) is 0 Å². The Hall–Kier alpha value is -0.536. The van der Waals surface area contributed by atoms with Crippen molar-refractivity contribution in [1.29, 1.82) is 0 Å². The van der Waals surface area contributed by atoms with Crippen molar-refractivity contribution >= 4 is 11.4 Å². The summed E-state index contributed by atoms with van der Waals surface area (Å²) in [5.41, 5.74) is 11.1. The summed E-state index contributed by atoms with van der Waals surface area (Å²) in [6, 6.07) is 4.15. The van der Waals surface area contributed by atoms with E-state index in [2.05, 4.69) is 50.3 Å². The van der Waals surface area contributed by atoms with Crippen molar-refractivity contribution < 1.29 is 55.8 Å². The molecule has 3 heterocycles. The Kier molecular flexibility index (Phi) is 17.9. The summed E-state index contributed by atoms with van der Waals surface area (Å²) in [5.74, 6) is 0. The molecule has 1 aromatic rings. The molecule has 0 saturated carbocycles. The van der Waals surface area contributed by atoms with Crippen LogP contribution in [0.4, 0.5) is 0 Å². The van der Waals surface area contributed by atoms with Crippen LogP contribution < -0.4 is 48.3 Å². The van der Waals surface area contributed by atoms with E-state index in [4.69, 9.17) is 4.98 Å². The molecule has 3 rings (SSSR count). The van der Waals surface area contributed by atoms with Gasteiger partial charge in [-0.25, -0.2) is 26.1 Å². The normalized spacial score (nSPS) is 17.9. The summed E-state index contributed by atoms with van der Waals surface area (Å²) < 4.78 is 0. The smallest absolute Gasteiger partial charge is 1.00 e. The van der Waals surface area contributed by atoms with E-state index in [0.29, 0.717) is 0 Å². The number of hydrogen-bond donors (Lipinski definition) is 2. The molecule has 2 aliphatic rings. The zero-order chi connectivity index (χ0) is 19.1. The maximum absolute atomic E-state index is 4.78. The zero-order valence-electron chi connectivity index (χ0n) is 18.5. The van der Waals surface area contributed by atoms with E-state index in [-0.39, 0.29) is 55.8 Å². The Bertz CT molecular complexity index is 637. The molecule has 0 aromatic carbocycles. The molecule has 0 aliphatic carbocycles. The Morgan fingerprint density at radius 1 is 0.742 bits per heavy atom. The van der Waals surface area contributed by atoms with E-state index >= 15 is 0 Å². The molecule has 174 valence electrons. The van der Waals surface area contributed by atoms with Crippen molar-refractivity contribution in [2.24, 2.45) is 10.2 Å². The van der Waals surface area contributed by atoms with Gasteiger partial charge in [0.05, 0.1) is 22.8 Å². The number of halogens is 3. The third-order valence-corrected chi connectivity index (χ3v) is 5.14. The minimum absolute atomic E-state index is 0. The first kappa shape index (κ1) is 32.6. The molecule has 0 spiro atoms. The summed E-state index contributed by atoms with van der Waals surface area (Å²) in [7, 11) is 0. The summed E-state index contributed by atoms with van der Waals surface area (Å²) in [6.45, 7) is 10.3. The van der Waals surface area contributed by atoms with Gasteiger partial charge in [0.2, 0.25) is 0 Å². The van der Waals surface area contributed by atoms with Crippen LogP contribution in [0.15, 0.2) is 22.3 Å². The van der Waals surface area contributed by atoms with Crippen molar-refractivity contribution in [3.05, 3.63) is 29.1 Å². The Morgan fingerprint density at radius 3 is 1.45 bits per heavy atom. The van der Waals surface area contributed by atoms with Crippen LogP contribution in [0.25, 0.3) is 0 Å². The summed E-state index contributed by atoms with van der Waals surface area (Å²) in [6.07, 6.45) is 7.55. The van der Waals surface area contributed by atoms with Crippen LogP contribution in [-0.2, 0) is 18.6 Å². The molecule has 11 heteroatoms. The second-order valence-electron chi connectivity index (χ2n) is 7.60. The average molecular weight is 529 g/mol. The molecular formula is C20H33Cl3N7V. The molecule has 1 aromatic heterocycles. The van der Waals surface area contributed by atoms with Crippen LogP contribution in [-0.4, -0.2) is 52.6 Å². The van der Waals surface area contributed by atoms with Crippen LogP contribution in [0, 0.1) is 6.92 Å². The fraction of sp³-hybridized carbons (Fsp3) is 0.650. The van der Waals surface area contributed by atoms with Gasteiger partial charge < -0.3 is 37.2 Å². The van der Waals surface area contributed by atoms with E-state index in [1.54, 1.807) is 0 Å². The van der Waals surface area contributed by atoms with Gasteiger partial charge in [0, 0.05) is 26.2 Å². The molecule has 0 radical (unpaired) electrons. The first-order valence-electron chi connectivity index (χ1n) is 10.2. The molecule has 0 atom stereocenters. The van der Waals surface area contributed by atoms with Crippen LogP contribution >= 0.6 is 0 Å². The predicted octanol–water partition coefficient (Wildman–Crippen LogP) is -6.17. The van der Waals surface area contributed by atoms with Gasteiger partial charge in [0.15, 0.2) is 0 Å². The monoisotopic (exact) mass is 527 g/mol. The minimum atomic E-state index is 0. The van der Waals surface area contributed by atoms with Gasteiger partial charge in [-0.05, 0) is 64.2 Å². The van der Waals surface area contributed by atoms with Crippen LogP contribution in [0.5, 0.6) is 0 Å². The van der Waals surface area contributed by atoms with E-state index in [0.717, 1.165) is 54.6 Å². The van der Waals surface area contributed by atoms with E-state index < -0.39 is 0 Å². The number of aryl methyl sites for hydroxylation is 1. The maximum atomic E-state index is 4.78. The zero-order valence-corrected chi connectivity index (χ0v) is 22.2. The van der Waals surface area contributed by atoms with Gasteiger partial charge in [0.1, 0.15) is 0 Å². The third-order valence-electron chi connectivity index (χ3n) is 5.14. The molecule has 2 saturated heterocycles. The number of piperidine rings is 2. The van der Waals surface area contributed by atoms with Crippen LogP contribution in [0.2, 0.25) is 0 Å². The van der Waals surface area contributed by atoms with Crippen molar-refractivity contribution in [3.63, 3.8) is 0 Å². The van der Waals surface area contributed by atoms with Gasteiger partial charge in [-0.2, -0.15) is 10.2 Å². The molecule has 7 nitrogen and oxygen atoms in total. The number of pyridine rings is 1. The number of hydrazine groups is 2. The first-order chi connectivity index (χ1) is 13.1. The standard InChI is InChI=1S/C20H33N7.3ClH.V/c1-16-14-19(17(2)22-24-26-10-6-4-7-11-26)21-20(15-16)18(3)23-25-27-12-8-5-9-13-27;;;;/h14-15,24-25H,4-13H2,1-3H3;3*1H;/q;;;;+3/p-3. The van der Waals surface area contributed by atoms with Gasteiger partial charge in [-0.15, -0.1) is 0 Å². The Balaban J connectivity index is 0. The SMILES string of the molecule is CC(=NNN1CCCCC1)c1cc(C)cc(C(C)=NNN2CCCCC2)n1.[Cl-].[Cl-].[Cl-].[V+3]. The largest absolute Gasteiger partial charge is 3.00 e. The molecule has 2 N–H and O–H groups in total. The molecule has 2 fully saturated rings. The Labute approximate surface area is 217 Å². The molecule has 0 amide bonds. The molecule has 2 aliphatic heterocycles. The summed E-state index contributed by atoms with van der Waals surface area (Å²) in [5, 5.41) is 13.4. The summed E-state index contributed by atoms with van der Waals surface area (Å²) >= 11 is 0. The van der Waals surface area contributed by atoms with E-state index in [1.807, 2.05) is 13.8 Å². The van der Waals surface area contributed by atoms with Gasteiger partial charge in [-0.3, -0.25) is 0 Å². The number of nitrogens with zero attached hydrogens (tertiary/aromatic N) is 5. The predicted molar refractivity (Wildman–Crippen MR) is 111 cm³/mol. The van der Waals surface area contributed by atoms with Crippen molar-refractivity contribution in [2.75, 3.05) is 26.2 Å². The van der Waals surface area contributed by atoms with Gasteiger partial charge in [-0.1, -0.05) is 12.8 Å². The van der Waals surface area contributed by atoms with Crippen LogP contribution in [0.1, 0.15) is 69.3 Å². The number of nitrogens with one attached hydrogen (secondary N) is 2. The molecule has 0 bridgehead atoms. The van der Waals surface area contributed by atoms with Crippen molar-refractivity contribution in [1.82, 2.24) is 26.1 Å². The quantitative estimate of drug-likeness (QED) is 0.284.